The van der Waals surface area contributed by atoms with Gasteiger partial charge in [-0.15, -0.1) is 0 Å². The average molecular weight is 395 g/mol. The second-order valence-electron chi connectivity index (χ2n) is 6.80. The van der Waals surface area contributed by atoms with Crippen molar-refractivity contribution in [1.29, 1.82) is 5.41 Å². The summed E-state index contributed by atoms with van der Waals surface area (Å²) in [6.07, 6.45) is 0. The number of ether oxygens (including phenoxy) is 1. The number of nitrogen functional groups attached to an aromatic ring is 3. The molecule has 4 aromatic rings. The zero-order valence-electron chi connectivity index (χ0n) is 16.2. The van der Waals surface area contributed by atoms with Gasteiger partial charge in [0, 0.05) is 22.5 Å². The van der Waals surface area contributed by atoms with E-state index in [1.807, 2.05) is 78.9 Å². The van der Waals surface area contributed by atoms with Crippen molar-refractivity contribution >= 4 is 17.2 Å². The van der Waals surface area contributed by atoms with Crippen molar-refractivity contribution in [2.75, 3.05) is 11.5 Å². The fourth-order valence-electron chi connectivity index (χ4n) is 3.21. The van der Waals surface area contributed by atoms with Gasteiger partial charge in [-0.2, -0.15) is 0 Å². The van der Waals surface area contributed by atoms with E-state index in [0.717, 1.165) is 16.9 Å². The molecule has 0 bridgehead atoms. The predicted molar refractivity (Wildman–Crippen MR) is 121 cm³/mol. The number of amidine groups is 1. The summed E-state index contributed by atoms with van der Waals surface area (Å²) >= 11 is 0. The first kappa shape index (κ1) is 19.0. The number of para-hydroxylation sites is 1. The maximum Gasteiger partial charge on any atom is 0.127 e. The van der Waals surface area contributed by atoms with Crippen LogP contribution in [0.1, 0.15) is 5.56 Å². The number of benzene rings is 3. The normalized spacial score (nSPS) is 10.5. The Labute approximate surface area is 174 Å². The Hall–Kier alpha value is -4.32. The van der Waals surface area contributed by atoms with Crippen LogP contribution in [0.2, 0.25) is 0 Å². The number of nitrogens with one attached hydrogen (secondary N) is 1. The van der Waals surface area contributed by atoms with Gasteiger partial charge in [0.2, 0.25) is 0 Å². The Balaban J connectivity index is 1.76. The molecule has 0 saturated heterocycles. The van der Waals surface area contributed by atoms with Gasteiger partial charge < -0.3 is 21.9 Å². The fourth-order valence-corrected chi connectivity index (χ4v) is 3.21. The predicted octanol–water partition coefficient (Wildman–Crippen LogP) is 4.66. The molecule has 1 heterocycles. The SMILES string of the molecule is N=C(N)c1c(N)cc(-c2cccc(N)c2)nc1-c1ccc(Oc2ccccc2)cc1. The summed E-state index contributed by atoms with van der Waals surface area (Å²) in [6, 6.07) is 26.1. The molecule has 0 aliphatic rings. The Morgan fingerprint density at radius 3 is 2.13 bits per heavy atom. The van der Waals surface area contributed by atoms with Gasteiger partial charge in [0.1, 0.15) is 17.3 Å². The van der Waals surface area contributed by atoms with E-state index in [1.165, 1.54) is 0 Å². The number of hydrogen-bond acceptors (Lipinski definition) is 5. The molecule has 0 unspecified atom stereocenters. The Morgan fingerprint density at radius 2 is 1.47 bits per heavy atom. The van der Waals surface area contributed by atoms with Gasteiger partial charge in [-0.25, -0.2) is 4.98 Å². The van der Waals surface area contributed by atoms with Crippen LogP contribution in [-0.2, 0) is 0 Å². The second-order valence-corrected chi connectivity index (χ2v) is 6.80. The first-order valence-electron chi connectivity index (χ1n) is 9.35. The molecular formula is C24H21N5O. The van der Waals surface area contributed by atoms with Crippen LogP contribution in [0, 0.1) is 5.41 Å². The minimum atomic E-state index is -0.140. The summed E-state index contributed by atoms with van der Waals surface area (Å²) < 4.78 is 5.85. The molecule has 0 radical (unpaired) electrons. The van der Waals surface area contributed by atoms with Crippen LogP contribution in [-0.4, -0.2) is 10.8 Å². The van der Waals surface area contributed by atoms with E-state index in [9.17, 15) is 0 Å². The molecule has 0 aliphatic carbocycles. The van der Waals surface area contributed by atoms with Gasteiger partial charge in [-0.3, -0.25) is 5.41 Å². The van der Waals surface area contributed by atoms with Gasteiger partial charge >= 0.3 is 0 Å². The highest BCUT2D eigenvalue weighted by atomic mass is 16.5. The molecule has 7 N–H and O–H groups in total. The average Bonchev–Trinajstić information content (AvgIpc) is 2.74. The van der Waals surface area contributed by atoms with Crippen LogP contribution in [0.5, 0.6) is 11.5 Å². The molecule has 4 rings (SSSR count). The second kappa shape index (κ2) is 7.97. The maximum atomic E-state index is 7.98. The van der Waals surface area contributed by atoms with E-state index >= 15 is 0 Å². The third-order valence-electron chi connectivity index (χ3n) is 4.61. The van der Waals surface area contributed by atoms with Crippen molar-refractivity contribution in [2.45, 2.75) is 0 Å². The van der Waals surface area contributed by atoms with Crippen molar-refractivity contribution in [3.63, 3.8) is 0 Å². The molecular weight excluding hydrogens is 374 g/mol. The molecule has 6 nitrogen and oxygen atoms in total. The van der Waals surface area contributed by atoms with Crippen LogP contribution >= 0.6 is 0 Å². The van der Waals surface area contributed by atoms with E-state index in [4.69, 9.17) is 32.3 Å². The Morgan fingerprint density at radius 1 is 0.767 bits per heavy atom. The third-order valence-corrected chi connectivity index (χ3v) is 4.61. The van der Waals surface area contributed by atoms with Crippen LogP contribution in [0.25, 0.3) is 22.5 Å². The van der Waals surface area contributed by atoms with Crippen LogP contribution in [0.15, 0.2) is 84.9 Å². The number of anilines is 2. The van der Waals surface area contributed by atoms with Crippen LogP contribution in [0.3, 0.4) is 0 Å². The quantitative estimate of drug-likeness (QED) is 0.222. The number of nitrogens with zero attached hydrogens (tertiary/aromatic N) is 1. The van der Waals surface area contributed by atoms with E-state index in [1.54, 1.807) is 6.07 Å². The lowest BCUT2D eigenvalue weighted by Crippen LogP contribution is -2.16. The lowest BCUT2D eigenvalue weighted by Gasteiger charge is -2.14. The largest absolute Gasteiger partial charge is 0.457 e. The highest BCUT2D eigenvalue weighted by Crippen LogP contribution is 2.32. The van der Waals surface area contributed by atoms with E-state index in [2.05, 4.69) is 0 Å². The van der Waals surface area contributed by atoms with Gasteiger partial charge in [0.25, 0.3) is 0 Å². The Kier molecular flexibility index (Phi) is 5.05. The van der Waals surface area contributed by atoms with Crippen molar-refractivity contribution < 1.29 is 4.74 Å². The van der Waals surface area contributed by atoms with Crippen molar-refractivity contribution in [2.24, 2.45) is 5.73 Å². The fraction of sp³-hybridized carbons (Fsp3) is 0. The molecule has 30 heavy (non-hydrogen) atoms. The first-order chi connectivity index (χ1) is 14.5. The lowest BCUT2D eigenvalue weighted by atomic mass is 10.0. The first-order valence-corrected chi connectivity index (χ1v) is 9.35. The lowest BCUT2D eigenvalue weighted by molar-refractivity contribution is 0.483. The number of nitrogens with two attached hydrogens (primary N) is 3. The van der Waals surface area contributed by atoms with E-state index < -0.39 is 0 Å². The summed E-state index contributed by atoms with van der Waals surface area (Å²) in [5, 5.41) is 7.98. The zero-order valence-corrected chi connectivity index (χ0v) is 16.2. The number of pyridine rings is 1. The molecule has 0 amide bonds. The molecule has 0 spiro atoms. The molecule has 0 saturated carbocycles. The van der Waals surface area contributed by atoms with Crippen molar-refractivity contribution in [3.05, 3.63) is 90.5 Å². The van der Waals surface area contributed by atoms with Crippen LogP contribution < -0.4 is 21.9 Å². The molecule has 6 heteroatoms. The summed E-state index contributed by atoms with van der Waals surface area (Å²) in [4.78, 5) is 4.75. The molecule has 1 aromatic heterocycles. The maximum absolute atomic E-state index is 7.98. The van der Waals surface area contributed by atoms with E-state index in [0.29, 0.717) is 34.1 Å². The monoisotopic (exact) mass is 395 g/mol. The zero-order chi connectivity index (χ0) is 21.1. The summed E-state index contributed by atoms with van der Waals surface area (Å²) in [5.74, 6) is 1.30. The molecule has 0 fully saturated rings. The summed E-state index contributed by atoms with van der Waals surface area (Å²) in [6.45, 7) is 0. The van der Waals surface area contributed by atoms with Crippen molar-refractivity contribution in [1.82, 2.24) is 4.98 Å². The van der Waals surface area contributed by atoms with Gasteiger partial charge in [-0.1, -0.05) is 30.3 Å². The third kappa shape index (κ3) is 3.93. The van der Waals surface area contributed by atoms with Gasteiger partial charge in [0.05, 0.1) is 17.0 Å². The number of rotatable bonds is 5. The smallest absolute Gasteiger partial charge is 0.127 e. The Bertz CT molecular complexity index is 1200. The molecule has 0 aliphatic heterocycles. The van der Waals surface area contributed by atoms with Gasteiger partial charge in [0.15, 0.2) is 0 Å². The highest BCUT2D eigenvalue weighted by molar-refractivity contribution is 6.05. The standard InChI is InChI=1S/C24H21N5O/c25-17-6-4-5-16(13-17)21-14-20(26)22(24(27)28)23(29-21)15-9-11-19(12-10-15)30-18-7-2-1-3-8-18/h1-14H,25H2,(H2,26,29)(H3,27,28). The molecule has 148 valence electrons. The molecule has 3 aromatic carbocycles. The summed E-state index contributed by atoms with van der Waals surface area (Å²) in [7, 11) is 0. The topological polar surface area (TPSA) is 124 Å². The molecule has 0 atom stereocenters. The highest BCUT2D eigenvalue weighted by Gasteiger charge is 2.16. The van der Waals surface area contributed by atoms with Gasteiger partial charge in [-0.05, 0) is 54.6 Å². The van der Waals surface area contributed by atoms with E-state index in [-0.39, 0.29) is 5.84 Å². The van der Waals surface area contributed by atoms with Crippen molar-refractivity contribution in [3.8, 4) is 34.0 Å². The minimum Gasteiger partial charge on any atom is -0.457 e. The minimum absolute atomic E-state index is 0.140. The number of aromatic nitrogens is 1. The number of hydrogen-bond donors (Lipinski definition) is 4. The van der Waals surface area contributed by atoms with Crippen LogP contribution in [0.4, 0.5) is 11.4 Å². The summed E-state index contributed by atoms with van der Waals surface area (Å²) in [5.41, 5.74) is 22.2.